The van der Waals surface area contributed by atoms with Crippen molar-refractivity contribution in [3.05, 3.63) is 30.0 Å². The van der Waals surface area contributed by atoms with Crippen molar-refractivity contribution in [2.45, 2.75) is 37.9 Å². The first-order valence-electron chi connectivity index (χ1n) is 7.18. The summed E-state index contributed by atoms with van der Waals surface area (Å²) in [6.07, 6.45) is 3.72. The molecule has 0 saturated heterocycles. The van der Waals surface area contributed by atoms with Crippen molar-refractivity contribution in [2.24, 2.45) is 0 Å². The van der Waals surface area contributed by atoms with Gasteiger partial charge in [0.1, 0.15) is 11.7 Å². The van der Waals surface area contributed by atoms with E-state index >= 15 is 0 Å². The lowest BCUT2D eigenvalue weighted by molar-refractivity contribution is -0.0167. The zero-order valence-corrected chi connectivity index (χ0v) is 12.0. The van der Waals surface area contributed by atoms with Crippen molar-refractivity contribution >= 4 is 22.6 Å². The second kappa shape index (κ2) is 5.77. The Morgan fingerprint density at radius 3 is 2.90 bits per heavy atom. The highest BCUT2D eigenvalue weighted by atomic mass is 16.6. The lowest BCUT2D eigenvalue weighted by atomic mass is 9.95. The average molecular weight is 289 g/mol. The van der Waals surface area contributed by atoms with Crippen LogP contribution in [0.15, 0.2) is 28.7 Å². The Labute approximate surface area is 123 Å². The van der Waals surface area contributed by atoms with Gasteiger partial charge in [-0.2, -0.15) is 0 Å². The van der Waals surface area contributed by atoms with E-state index in [1.165, 1.54) is 0 Å². The van der Waals surface area contributed by atoms with Crippen LogP contribution < -0.4 is 5.73 Å². The number of rotatable bonds is 3. The Morgan fingerprint density at radius 2 is 2.10 bits per heavy atom. The van der Waals surface area contributed by atoms with Gasteiger partial charge in [0.15, 0.2) is 0 Å². The van der Waals surface area contributed by atoms with Crippen molar-refractivity contribution in [1.29, 1.82) is 0 Å². The molecule has 0 spiro atoms. The Bertz CT molecular complexity index is 649. The summed E-state index contributed by atoms with van der Waals surface area (Å²) in [5.74, 6) is -0.207. The molecule has 2 aromatic rings. The molecule has 0 amide bonds. The van der Waals surface area contributed by atoms with Crippen LogP contribution in [0.25, 0.3) is 11.0 Å². The van der Waals surface area contributed by atoms with E-state index < -0.39 is 5.97 Å². The van der Waals surface area contributed by atoms with E-state index in [2.05, 4.69) is 0 Å². The number of nitrogens with two attached hydrogens (primary N) is 1. The number of esters is 1. The monoisotopic (exact) mass is 289 g/mol. The smallest absolute Gasteiger partial charge is 0.374 e. The van der Waals surface area contributed by atoms with Crippen molar-refractivity contribution in [1.82, 2.24) is 0 Å². The number of anilines is 1. The van der Waals surface area contributed by atoms with Gasteiger partial charge in [-0.3, -0.25) is 0 Å². The van der Waals surface area contributed by atoms with E-state index in [1.807, 2.05) is 0 Å². The minimum absolute atomic E-state index is 0.102. The van der Waals surface area contributed by atoms with Gasteiger partial charge in [0, 0.05) is 24.6 Å². The second-order valence-electron chi connectivity index (χ2n) is 5.46. The van der Waals surface area contributed by atoms with E-state index in [4.69, 9.17) is 19.6 Å². The lowest BCUT2D eigenvalue weighted by Gasteiger charge is -2.27. The van der Waals surface area contributed by atoms with Gasteiger partial charge in [0.2, 0.25) is 5.76 Å². The number of hydrogen-bond acceptors (Lipinski definition) is 5. The summed E-state index contributed by atoms with van der Waals surface area (Å²) >= 11 is 0. The van der Waals surface area contributed by atoms with Crippen LogP contribution in [0, 0.1) is 0 Å². The summed E-state index contributed by atoms with van der Waals surface area (Å²) in [6, 6.07) is 6.94. The summed E-state index contributed by atoms with van der Waals surface area (Å²) in [5.41, 5.74) is 6.99. The molecule has 1 fully saturated rings. The number of hydrogen-bond donors (Lipinski definition) is 1. The van der Waals surface area contributed by atoms with E-state index in [1.54, 1.807) is 31.4 Å². The van der Waals surface area contributed by atoms with Crippen LogP contribution in [-0.2, 0) is 9.47 Å². The third-order valence-electron chi connectivity index (χ3n) is 3.93. The first-order chi connectivity index (χ1) is 10.2. The van der Waals surface area contributed by atoms with Gasteiger partial charge in [-0.15, -0.1) is 0 Å². The van der Waals surface area contributed by atoms with Crippen molar-refractivity contribution in [2.75, 3.05) is 12.8 Å². The fourth-order valence-electron chi connectivity index (χ4n) is 2.80. The van der Waals surface area contributed by atoms with Gasteiger partial charge in [-0.25, -0.2) is 4.79 Å². The number of furan rings is 1. The summed E-state index contributed by atoms with van der Waals surface area (Å²) in [6.45, 7) is 0. The molecule has 1 aliphatic rings. The number of fused-ring (bicyclic) bond motifs is 1. The standard InChI is InChI=1S/C16H19NO4/c1-19-12-3-2-4-13(9-12)20-16(18)15-8-10-7-11(17)5-6-14(10)21-15/h5-8,12-13H,2-4,9,17H2,1H3. The summed E-state index contributed by atoms with van der Waals surface area (Å²) < 4.78 is 16.4. The van der Waals surface area contributed by atoms with E-state index in [0.717, 1.165) is 31.1 Å². The van der Waals surface area contributed by atoms with Gasteiger partial charge in [-0.1, -0.05) is 0 Å². The fraction of sp³-hybridized carbons (Fsp3) is 0.438. The summed E-state index contributed by atoms with van der Waals surface area (Å²) in [5, 5.41) is 0.806. The van der Waals surface area contributed by atoms with Crippen LogP contribution in [-0.4, -0.2) is 25.3 Å². The Hall–Kier alpha value is -2.01. The maximum atomic E-state index is 12.2. The van der Waals surface area contributed by atoms with Crippen LogP contribution in [0.3, 0.4) is 0 Å². The third-order valence-corrected chi connectivity index (χ3v) is 3.93. The molecule has 5 heteroatoms. The van der Waals surface area contributed by atoms with Gasteiger partial charge in [-0.05, 0) is 43.5 Å². The topological polar surface area (TPSA) is 74.7 Å². The number of methoxy groups -OCH3 is 1. The lowest BCUT2D eigenvalue weighted by Crippen LogP contribution is -2.29. The van der Waals surface area contributed by atoms with Crippen molar-refractivity contribution in [3.63, 3.8) is 0 Å². The number of carbonyl (C=O) groups is 1. The number of carbonyl (C=O) groups excluding carboxylic acids is 1. The molecule has 0 radical (unpaired) electrons. The molecule has 2 atom stereocenters. The van der Waals surface area contributed by atoms with Gasteiger partial charge < -0.3 is 19.6 Å². The Morgan fingerprint density at radius 1 is 1.29 bits per heavy atom. The molecule has 2 N–H and O–H groups in total. The predicted molar refractivity (Wildman–Crippen MR) is 79.1 cm³/mol. The average Bonchev–Trinajstić information content (AvgIpc) is 2.90. The molecule has 0 bridgehead atoms. The number of benzene rings is 1. The molecule has 1 aromatic heterocycles. The van der Waals surface area contributed by atoms with Gasteiger partial charge in [0.05, 0.1) is 6.10 Å². The second-order valence-corrected chi connectivity index (χ2v) is 5.46. The molecule has 0 aliphatic heterocycles. The molecule has 1 saturated carbocycles. The van der Waals surface area contributed by atoms with Crippen LogP contribution in [0.5, 0.6) is 0 Å². The normalized spacial score (nSPS) is 22.3. The largest absolute Gasteiger partial charge is 0.456 e. The van der Waals surface area contributed by atoms with Crippen LogP contribution in [0.2, 0.25) is 0 Å². The fourth-order valence-corrected chi connectivity index (χ4v) is 2.80. The van der Waals surface area contributed by atoms with Crippen LogP contribution >= 0.6 is 0 Å². The van der Waals surface area contributed by atoms with Gasteiger partial charge >= 0.3 is 5.97 Å². The highest BCUT2D eigenvalue weighted by Crippen LogP contribution is 2.26. The third kappa shape index (κ3) is 3.03. The minimum atomic E-state index is -0.425. The maximum Gasteiger partial charge on any atom is 0.374 e. The zero-order valence-electron chi connectivity index (χ0n) is 12.0. The molecule has 112 valence electrons. The van der Waals surface area contributed by atoms with Crippen molar-refractivity contribution in [3.8, 4) is 0 Å². The molecule has 5 nitrogen and oxygen atoms in total. The van der Waals surface area contributed by atoms with Crippen LogP contribution in [0.4, 0.5) is 5.69 Å². The molecule has 1 heterocycles. The molecule has 1 aliphatic carbocycles. The first-order valence-corrected chi connectivity index (χ1v) is 7.18. The SMILES string of the molecule is COC1CCCC(OC(=O)c2cc3cc(N)ccc3o2)C1. The van der Waals surface area contributed by atoms with E-state index in [-0.39, 0.29) is 18.0 Å². The summed E-state index contributed by atoms with van der Waals surface area (Å²) in [7, 11) is 1.69. The Kier molecular flexibility index (Phi) is 3.84. The molecular formula is C16H19NO4. The minimum Gasteiger partial charge on any atom is -0.456 e. The quantitative estimate of drug-likeness (QED) is 0.694. The molecular weight excluding hydrogens is 270 g/mol. The Balaban J connectivity index is 1.71. The van der Waals surface area contributed by atoms with Crippen molar-refractivity contribution < 1.29 is 18.7 Å². The highest BCUT2D eigenvalue weighted by molar-refractivity contribution is 5.93. The molecule has 1 aromatic carbocycles. The number of ether oxygens (including phenoxy) is 2. The predicted octanol–water partition coefficient (Wildman–Crippen LogP) is 3.13. The zero-order chi connectivity index (χ0) is 14.8. The molecule has 2 unspecified atom stereocenters. The summed E-state index contributed by atoms with van der Waals surface area (Å²) in [4.78, 5) is 12.2. The van der Waals surface area contributed by atoms with E-state index in [9.17, 15) is 4.79 Å². The number of nitrogen functional groups attached to an aromatic ring is 1. The van der Waals surface area contributed by atoms with Crippen LogP contribution in [0.1, 0.15) is 36.2 Å². The van der Waals surface area contributed by atoms with Gasteiger partial charge in [0.25, 0.3) is 0 Å². The van der Waals surface area contributed by atoms with E-state index in [0.29, 0.717) is 11.3 Å². The highest BCUT2D eigenvalue weighted by Gasteiger charge is 2.26. The molecule has 21 heavy (non-hydrogen) atoms. The maximum absolute atomic E-state index is 12.2. The first kappa shape index (κ1) is 13.9. The molecule has 3 rings (SSSR count).